The van der Waals surface area contributed by atoms with E-state index >= 15 is 0 Å². The molecule has 0 radical (unpaired) electrons. The van der Waals surface area contributed by atoms with Crippen molar-refractivity contribution in [2.75, 3.05) is 13.1 Å². The highest BCUT2D eigenvalue weighted by molar-refractivity contribution is 5.94. The highest BCUT2D eigenvalue weighted by atomic mass is 16.4. The second kappa shape index (κ2) is 11.7. The molecule has 0 spiro atoms. The van der Waals surface area contributed by atoms with Crippen LogP contribution < -0.4 is 27.8 Å². The lowest BCUT2D eigenvalue weighted by atomic mass is 10.1. The predicted molar refractivity (Wildman–Crippen MR) is 102 cm³/mol. The van der Waals surface area contributed by atoms with E-state index in [9.17, 15) is 33.9 Å². The molecular formula is C17H28N6O7. The van der Waals surface area contributed by atoms with E-state index in [0.29, 0.717) is 6.42 Å². The number of nitrogens with one attached hydrogen (secondary N) is 2. The van der Waals surface area contributed by atoms with E-state index in [-0.39, 0.29) is 45.2 Å². The van der Waals surface area contributed by atoms with Crippen molar-refractivity contribution in [3.8, 4) is 0 Å². The van der Waals surface area contributed by atoms with Gasteiger partial charge in [0.2, 0.25) is 29.5 Å². The zero-order valence-electron chi connectivity index (χ0n) is 16.5. The minimum atomic E-state index is -1.34. The molecule has 3 atom stereocenters. The van der Waals surface area contributed by atoms with Crippen molar-refractivity contribution in [2.24, 2.45) is 17.2 Å². The van der Waals surface area contributed by atoms with Gasteiger partial charge in [-0.15, -0.1) is 0 Å². The van der Waals surface area contributed by atoms with Crippen LogP contribution in [0.25, 0.3) is 0 Å². The third-order valence-corrected chi connectivity index (χ3v) is 4.63. The van der Waals surface area contributed by atoms with Crippen LogP contribution in [0, 0.1) is 0 Å². The molecule has 168 valence electrons. The maximum atomic E-state index is 12.9. The lowest BCUT2D eigenvalue weighted by Gasteiger charge is -2.29. The predicted octanol–water partition coefficient (Wildman–Crippen LogP) is -3.48. The number of aliphatic carboxylic acids is 1. The summed E-state index contributed by atoms with van der Waals surface area (Å²) in [5, 5.41) is 14.0. The van der Waals surface area contributed by atoms with Crippen LogP contribution in [0.15, 0.2) is 0 Å². The summed E-state index contributed by atoms with van der Waals surface area (Å²) in [5.41, 5.74) is 15.4. The first-order valence-corrected chi connectivity index (χ1v) is 9.46. The average Bonchev–Trinajstić information content (AvgIpc) is 3.16. The molecule has 1 fully saturated rings. The Labute approximate surface area is 172 Å². The smallest absolute Gasteiger partial charge is 0.326 e. The summed E-state index contributed by atoms with van der Waals surface area (Å²) >= 11 is 0. The molecule has 13 nitrogen and oxygen atoms in total. The molecule has 30 heavy (non-hydrogen) atoms. The van der Waals surface area contributed by atoms with Crippen LogP contribution in [0.2, 0.25) is 0 Å². The third-order valence-electron chi connectivity index (χ3n) is 4.63. The Kier molecular flexibility index (Phi) is 9.68. The van der Waals surface area contributed by atoms with Crippen molar-refractivity contribution in [2.45, 2.75) is 56.7 Å². The fourth-order valence-corrected chi connectivity index (χ4v) is 3.11. The number of carbonyl (C=O) groups is 6. The average molecular weight is 428 g/mol. The summed E-state index contributed by atoms with van der Waals surface area (Å²) < 4.78 is 0. The zero-order chi connectivity index (χ0) is 22.8. The highest BCUT2D eigenvalue weighted by Crippen LogP contribution is 2.20. The SMILES string of the molecule is NCC(=O)NC(CCC(N)=O)C(=O)N1CCCC1C(=O)NC(CCC(N)=O)C(=O)O. The van der Waals surface area contributed by atoms with E-state index in [4.69, 9.17) is 17.2 Å². The van der Waals surface area contributed by atoms with E-state index in [2.05, 4.69) is 10.6 Å². The molecule has 1 saturated heterocycles. The number of likely N-dealkylation sites (tertiary alicyclic amines) is 1. The number of nitrogens with zero attached hydrogens (tertiary/aromatic N) is 1. The van der Waals surface area contributed by atoms with Gasteiger partial charge < -0.3 is 37.8 Å². The van der Waals surface area contributed by atoms with Crippen molar-refractivity contribution in [3.05, 3.63) is 0 Å². The van der Waals surface area contributed by atoms with Crippen molar-refractivity contribution < 1.29 is 33.9 Å². The van der Waals surface area contributed by atoms with Gasteiger partial charge in [-0.1, -0.05) is 0 Å². The van der Waals surface area contributed by atoms with Crippen molar-refractivity contribution >= 4 is 35.5 Å². The lowest BCUT2D eigenvalue weighted by molar-refractivity contribution is -0.145. The Balaban J connectivity index is 2.89. The summed E-state index contributed by atoms with van der Waals surface area (Å²) in [6, 6.07) is -3.41. The molecule has 0 aromatic heterocycles. The first kappa shape index (κ1) is 24.8. The Hall–Kier alpha value is -3.22. The summed E-state index contributed by atoms with van der Waals surface area (Å²) in [5.74, 6) is -4.62. The van der Waals surface area contributed by atoms with Gasteiger partial charge in [-0.3, -0.25) is 24.0 Å². The number of rotatable bonds is 12. The van der Waals surface area contributed by atoms with Gasteiger partial charge >= 0.3 is 5.97 Å². The molecule has 1 aliphatic rings. The first-order valence-electron chi connectivity index (χ1n) is 9.46. The minimum absolute atomic E-state index is 0.0683. The maximum Gasteiger partial charge on any atom is 0.326 e. The normalized spacial score (nSPS) is 17.6. The Morgan fingerprint density at radius 3 is 2.03 bits per heavy atom. The van der Waals surface area contributed by atoms with Crippen LogP contribution in [0.3, 0.4) is 0 Å². The Bertz CT molecular complexity index is 698. The van der Waals surface area contributed by atoms with Gasteiger partial charge in [-0.05, 0) is 25.7 Å². The molecule has 1 heterocycles. The molecule has 1 aliphatic heterocycles. The van der Waals surface area contributed by atoms with Gasteiger partial charge in [0.05, 0.1) is 6.54 Å². The number of hydrogen-bond donors (Lipinski definition) is 6. The summed E-state index contributed by atoms with van der Waals surface area (Å²) in [4.78, 5) is 71.7. The molecule has 0 aromatic rings. The van der Waals surface area contributed by atoms with Crippen LogP contribution in [0.5, 0.6) is 0 Å². The topological polar surface area (TPSA) is 228 Å². The van der Waals surface area contributed by atoms with Gasteiger partial charge in [0.25, 0.3) is 0 Å². The third kappa shape index (κ3) is 7.66. The molecule has 3 unspecified atom stereocenters. The van der Waals surface area contributed by atoms with Crippen LogP contribution in [-0.2, 0) is 28.8 Å². The lowest BCUT2D eigenvalue weighted by Crippen LogP contribution is -2.56. The fraction of sp³-hybridized carbons (Fsp3) is 0.647. The first-order chi connectivity index (χ1) is 14.1. The van der Waals surface area contributed by atoms with Gasteiger partial charge in [0.1, 0.15) is 18.1 Å². The second-order valence-electron chi connectivity index (χ2n) is 6.92. The standard InChI is InChI=1S/C17H28N6O7/c18-8-14(26)21-9(3-5-12(19)24)16(28)23-7-1-2-11(23)15(27)22-10(17(29)30)4-6-13(20)25/h9-11H,1-8,18H2,(H2,19,24)(H2,20,25)(H,21,26)(H,22,27)(H,29,30). The number of primary amides is 2. The van der Waals surface area contributed by atoms with Gasteiger partial charge in [0.15, 0.2) is 0 Å². The maximum absolute atomic E-state index is 12.9. The molecule has 9 N–H and O–H groups in total. The van der Waals surface area contributed by atoms with E-state index in [1.165, 1.54) is 4.90 Å². The van der Waals surface area contributed by atoms with E-state index in [1.807, 2.05) is 0 Å². The van der Waals surface area contributed by atoms with E-state index < -0.39 is 53.6 Å². The number of carboxylic acid groups (broad SMARTS) is 1. The number of amides is 5. The van der Waals surface area contributed by atoms with Crippen LogP contribution in [0.4, 0.5) is 0 Å². The molecule has 0 saturated carbocycles. The van der Waals surface area contributed by atoms with Gasteiger partial charge in [-0.25, -0.2) is 4.79 Å². The number of nitrogens with two attached hydrogens (primary N) is 3. The molecule has 1 rings (SSSR count). The second-order valence-corrected chi connectivity index (χ2v) is 6.92. The molecule has 13 heteroatoms. The molecule has 0 aromatic carbocycles. The van der Waals surface area contributed by atoms with Gasteiger partial charge in [0, 0.05) is 19.4 Å². The molecule has 5 amide bonds. The van der Waals surface area contributed by atoms with E-state index in [0.717, 1.165) is 0 Å². The van der Waals surface area contributed by atoms with Crippen molar-refractivity contribution in [1.82, 2.24) is 15.5 Å². The minimum Gasteiger partial charge on any atom is -0.480 e. The molecule has 0 aliphatic carbocycles. The fourth-order valence-electron chi connectivity index (χ4n) is 3.11. The summed E-state index contributed by atoms with van der Waals surface area (Å²) in [7, 11) is 0. The molecular weight excluding hydrogens is 400 g/mol. The van der Waals surface area contributed by atoms with Crippen molar-refractivity contribution in [3.63, 3.8) is 0 Å². The summed E-state index contributed by atoms with van der Waals surface area (Å²) in [6.45, 7) is -0.161. The van der Waals surface area contributed by atoms with Crippen LogP contribution >= 0.6 is 0 Å². The van der Waals surface area contributed by atoms with E-state index in [1.54, 1.807) is 0 Å². The zero-order valence-corrected chi connectivity index (χ0v) is 16.5. The number of carbonyl (C=O) groups excluding carboxylic acids is 5. The Morgan fingerprint density at radius 1 is 0.967 bits per heavy atom. The van der Waals surface area contributed by atoms with Crippen LogP contribution in [0.1, 0.15) is 38.5 Å². The highest BCUT2D eigenvalue weighted by Gasteiger charge is 2.38. The number of carboxylic acids is 1. The summed E-state index contributed by atoms with van der Waals surface area (Å²) in [6.07, 6.45) is 0.111. The quantitative estimate of drug-likeness (QED) is 0.182. The number of hydrogen-bond acceptors (Lipinski definition) is 7. The Morgan fingerprint density at radius 2 is 1.53 bits per heavy atom. The van der Waals surface area contributed by atoms with Gasteiger partial charge in [-0.2, -0.15) is 0 Å². The molecule has 0 bridgehead atoms. The monoisotopic (exact) mass is 428 g/mol. The largest absolute Gasteiger partial charge is 0.480 e. The van der Waals surface area contributed by atoms with Crippen LogP contribution in [-0.4, -0.2) is 76.7 Å². The van der Waals surface area contributed by atoms with Crippen molar-refractivity contribution in [1.29, 1.82) is 0 Å².